The summed E-state index contributed by atoms with van der Waals surface area (Å²) in [4.78, 5) is 10.2. The molecule has 8 heteroatoms. The molecule has 1 aromatic carbocycles. The maximum atomic E-state index is 12.9. The molecule has 4 nitrogen and oxygen atoms in total. The number of anilines is 1. The van der Waals surface area contributed by atoms with Gasteiger partial charge in [-0.1, -0.05) is 23.5 Å². The van der Waals surface area contributed by atoms with Gasteiger partial charge in [0.1, 0.15) is 0 Å². The van der Waals surface area contributed by atoms with Gasteiger partial charge < -0.3 is 11.1 Å². The van der Waals surface area contributed by atoms with Crippen LogP contribution in [0.5, 0.6) is 0 Å². The highest BCUT2D eigenvalue weighted by atomic mass is 32.1. The first kappa shape index (κ1) is 21.2. The molecule has 0 amide bonds. The Kier molecular flexibility index (Phi) is 5.57. The average Bonchev–Trinajstić information content (AvgIpc) is 3.55. The molecule has 5 rings (SSSR count). The monoisotopic (exact) mass is 458 g/mol. The van der Waals surface area contributed by atoms with Crippen LogP contribution in [0.4, 0.5) is 18.3 Å². The molecule has 3 N–H and O–H groups in total. The predicted octanol–water partition coefficient (Wildman–Crippen LogP) is 6.61. The van der Waals surface area contributed by atoms with Crippen molar-refractivity contribution in [2.45, 2.75) is 50.6 Å². The molecule has 0 spiro atoms. The Bertz CT molecular complexity index is 1150. The Labute approximate surface area is 188 Å². The number of hydrogen-bond acceptors (Lipinski definition) is 5. The maximum absolute atomic E-state index is 12.9. The largest absolute Gasteiger partial charge is 0.401 e. The standard InChI is InChI=1S/C24H25F3N4S/c25-24(26,27)19-7-5-14(6-8-19)20(28)13-30-23-31-21(15-1-2-15)22(32-23)17-3-4-18-12-29-10-9-16(18)11-17/h3-4,9-12,15,19H,1-2,5-8,13,28H2,(H,30,31). The van der Waals surface area contributed by atoms with Crippen molar-refractivity contribution in [3.05, 3.63) is 53.6 Å². The fraction of sp³-hybridized carbons (Fsp3) is 0.417. The molecule has 32 heavy (non-hydrogen) atoms. The van der Waals surface area contributed by atoms with Crippen LogP contribution in [0.15, 0.2) is 47.9 Å². The molecular weight excluding hydrogens is 433 g/mol. The molecular formula is C24H25F3N4S. The second-order valence-electron chi connectivity index (χ2n) is 8.74. The minimum Gasteiger partial charge on any atom is -0.401 e. The van der Waals surface area contributed by atoms with Crippen LogP contribution in [0.1, 0.15) is 50.1 Å². The summed E-state index contributed by atoms with van der Waals surface area (Å²) in [7, 11) is 0. The Balaban J connectivity index is 1.32. The van der Waals surface area contributed by atoms with E-state index in [1.807, 2.05) is 12.3 Å². The van der Waals surface area contributed by atoms with Gasteiger partial charge in [-0.3, -0.25) is 4.98 Å². The average molecular weight is 459 g/mol. The van der Waals surface area contributed by atoms with E-state index in [2.05, 4.69) is 28.5 Å². The molecule has 2 aliphatic carbocycles. The summed E-state index contributed by atoms with van der Waals surface area (Å²) >= 11 is 1.62. The lowest BCUT2D eigenvalue weighted by molar-refractivity contribution is -0.179. The van der Waals surface area contributed by atoms with Crippen molar-refractivity contribution in [3.8, 4) is 10.4 Å². The van der Waals surface area contributed by atoms with Crippen molar-refractivity contribution in [2.24, 2.45) is 11.7 Å². The molecule has 168 valence electrons. The number of hydrogen-bond donors (Lipinski definition) is 2. The lowest BCUT2D eigenvalue weighted by Gasteiger charge is -2.27. The van der Waals surface area contributed by atoms with E-state index in [9.17, 15) is 13.2 Å². The summed E-state index contributed by atoms with van der Waals surface area (Å²) in [6.45, 7) is 0.409. The van der Waals surface area contributed by atoms with Gasteiger partial charge in [0.15, 0.2) is 5.13 Å². The molecule has 3 aromatic rings. The van der Waals surface area contributed by atoms with Gasteiger partial charge in [0.2, 0.25) is 0 Å². The van der Waals surface area contributed by atoms with Crippen molar-refractivity contribution in [1.29, 1.82) is 0 Å². The Hall–Kier alpha value is -2.61. The van der Waals surface area contributed by atoms with Crippen molar-refractivity contribution in [3.63, 3.8) is 0 Å². The van der Waals surface area contributed by atoms with E-state index < -0.39 is 12.1 Å². The van der Waals surface area contributed by atoms with E-state index in [1.54, 1.807) is 17.5 Å². The molecule has 2 heterocycles. The Morgan fingerprint density at radius 1 is 1.09 bits per heavy atom. The van der Waals surface area contributed by atoms with Gasteiger partial charge in [-0.15, -0.1) is 0 Å². The molecule has 2 fully saturated rings. The van der Waals surface area contributed by atoms with Crippen LogP contribution in [0, 0.1) is 5.92 Å². The van der Waals surface area contributed by atoms with E-state index in [0.717, 1.165) is 45.6 Å². The van der Waals surface area contributed by atoms with Crippen LogP contribution in [0.3, 0.4) is 0 Å². The quantitative estimate of drug-likeness (QED) is 0.451. The molecule has 0 bridgehead atoms. The number of thiazole rings is 1. The first-order chi connectivity index (χ1) is 15.4. The van der Waals surface area contributed by atoms with Crippen LogP contribution in [-0.4, -0.2) is 22.7 Å². The van der Waals surface area contributed by atoms with Crippen LogP contribution in [-0.2, 0) is 0 Å². The number of fused-ring (bicyclic) bond motifs is 1. The number of alkyl halides is 3. The van der Waals surface area contributed by atoms with Gasteiger partial charge in [-0.25, -0.2) is 4.98 Å². The van der Waals surface area contributed by atoms with Crippen LogP contribution < -0.4 is 11.1 Å². The van der Waals surface area contributed by atoms with Crippen molar-refractivity contribution < 1.29 is 13.2 Å². The lowest BCUT2D eigenvalue weighted by atomic mass is 9.84. The summed E-state index contributed by atoms with van der Waals surface area (Å²) in [5.41, 5.74) is 10.1. The van der Waals surface area contributed by atoms with Gasteiger partial charge in [-0.05, 0) is 67.2 Å². The van der Waals surface area contributed by atoms with Crippen molar-refractivity contribution >= 4 is 27.2 Å². The van der Waals surface area contributed by atoms with Gasteiger partial charge >= 0.3 is 6.18 Å². The van der Waals surface area contributed by atoms with E-state index in [4.69, 9.17) is 10.7 Å². The second kappa shape index (κ2) is 8.39. The maximum Gasteiger partial charge on any atom is 0.391 e. The number of nitrogens with two attached hydrogens (primary N) is 1. The van der Waals surface area contributed by atoms with Crippen molar-refractivity contribution in [2.75, 3.05) is 11.9 Å². The summed E-state index contributed by atoms with van der Waals surface area (Å²) < 4.78 is 38.7. The molecule has 0 atom stereocenters. The van der Waals surface area contributed by atoms with Crippen LogP contribution >= 0.6 is 11.3 Å². The van der Waals surface area contributed by atoms with E-state index >= 15 is 0 Å². The van der Waals surface area contributed by atoms with Crippen molar-refractivity contribution in [1.82, 2.24) is 9.97 Å². The van der Waals surface area contributed by atoms with Crippen LogP contribution in [0.2, 0.25) is 0 Å². The number of halogens is 3. The molecule has 0 aliphatic heterocycles. The van der Waals surface area contributed by atoms with Crippen LogP contribution in [0.25, 0.3) is 21.2 Å². The van der Waals surface area contributed by atoms with Gasteiger partial charge in [0.05, 0.1) is 23.0 Å². The Morgan fingerprint density at radius 2 is 1.88 bits per heavy atom. The van der Waals surface area contributed by atoms with E-state index in [0.29, 0.717) is 31.0 Å². The first-order valence-electron chi connectivity index (χ1n) is 11.0. The fourth-order valence-electron chi connectivity index (χ4n) is 4.38. The topological polar surface area (TPSA) is 63.8 Å². The molecule has 2 aliphatic rings. The zero-order chi connectivity index (χ0) is 22.3. The minimum absolute atomic E-state index is 0.129. The van der Waals surface area contributed by atoms with Gasteiger partial charge in [-0.2, -0.15) is 13.2 Å². The zero-order valence-electron chi connectivity index (χ0n) is 17.6. The fourth-order valence-corrected chi connectivity index (χ4v) is 5.43. The SMILES string of the molecule is NC(CNc1nc(C2CC2)c(-c2ccc3cnccc3c2)s1)=C1CCC(C(F)(F)F)CC1. The Morgan fingerprint density at radius 3 is 2.59 bits per heavy atom. The number of nitrogens with zero attached hydrogens (tertiary/aromatic N) is 2. The number of rotatable bonds is 5. The van der Waals surface area contributed by atoms with E-state index in [-0.39, 0.29) is 12.8 Å². The third-order valence-electron chi connectivity index (χ3n) is 6.46. The molecule has 0 saturated heterocycles. The second-order valence-corrected chi connectivity index (χ2v) is 9.74. The zero-order valence-corrected chi connectivity index (χ0v) is 18.4. The third kappa shape index (κ3) is 4.46. The van der Waals surface area contributed by atoms with E-state index in [1.165, 1.54) is 4.88 Å². The predicted molar refractivity (Wildman–Crippen MR) is 123 cm³/mol. The van der Waals surface area contributed by atoms with Gasteiger partial charge in [0, 0.05) is 29.4 Å². The molecule has 0 unspecified atom stereocenters. The number of allylic oxidation sites excluding steroid dienone is 1. The summed E-state index contributed by atoms with van der Waals surface area (Å²) in [5.74, 6) is -0.703. The highest BCUT2D eigenvalue weighted by molar-refractivity contribution is 7.19. The number of pyridine rings is 1. The minimum atomic E-state index is -4.10. The first-order valence-corrected chi connectivity index (χ1v) is 11.8. The summed E-state index contributed by atoms with van der Waals surface area (Å²) in [6, 6.07) is 8.38. The normalized spacial score (nSPS) is 19.3. The van der Waals surface area contributed by atoms with Gasteiger partial charge in [0.25, 0.3) is 0 Å². The number of nitrogens with one attached hydrogen (secondary N) is 1. The smallest absolute Gasteiger partial charge is 0.391 e. The summed E-state index contributed by atoms with van der Waals surface area (Å²) in [5, 5.41) is 6.38. The lowest BCUT2D eigenvalue weighted by Crippen LogP contribution is -2.27. The highest BCUT2D eigenvalue weighted by Gasteiger charge is 2.40. The molecule has 0 radical (unpaired) electrons. The number of benzene rings is 1. The molecule has 2 saturated carbocycles. The summed E-state index contributed by atoms with van der Waals surface area (Å²) in [6.07, 6.45) is 2.95. The molecule has 2 aromatic heterocycles. The highest BCUT2D eigenvalue weighted by Crippen LogP contribution is 2.47. The number of aromatic nitrogens is 2. The third-order valence-corrected chi connectivity index (χ3v) is 7.53.